The summed E-state index contributed by atoms with van der Waals surface area (Å²) in [6, 6.07) is 19.7. The number of hydrogen-bond acceptors (Lipinski definition) is 3. The van der Waals surface area contributed by atoms with Crippen LogP contribution < -0.4 is 10.1 Å². The number of thiophene rings is 1. The Hall–Kier alpha value is -2.59. The second kappa shape index (κ2) is 8.68. The van der Waals surface area contributed by atoms with E-state index in [0.717, 1.165) is 16.2 Å². The van der Waals surface area contributed by atoms with E-state index in [4.69, 9.17) is 4.74 Å². The molecule has 0 saturated heterocycles. The Balaban J connectivity index is 1.57. The second-order valence-corrected chi connectivity index (χ2v) is 7.51. The first-order valence-corrected chi connectivity index (χ1v) is 9.62. The van der Waals surface area contributed by atoms with Gasteiger partial charge in [0.25, 0.3) is 5.91 Å². The molecule has 2 aromatic carbocycles. The highest BCUT2D eigenvalue weighted by Gasteiger charge is 2.07. The molecule has 0 aliphatic carbocycles. The van der Waals surface area contributed by atoms with Crippen LogP contribution in [0.3, 0.4) is 0 Å². The van der Waals surface area contributed by atoms with Gasteiger partial charge < -0.3 is 10.1 Å². The maximum absolute atomic E-state index is 12.3. The molecule has 1 heterocycles. The third-order valence-corrected chi connectivity index (χ3v) is 5.02. The molecule has 26 heavy (non-hydrogen) atoms. The molecule has 1 N–H and O–H groups in total. The molecule has 0 radical (unpaired) electrons. The molecule has 4 heteroatoms. The third kappa shape index (κ3) is 4.96. The highest BCUT2D eigenvalue weighted by atomic mass is 32.1. The van der Waals surface area contributed by atoms with E-state index >= 15 is 0 Å². The molecule has 1 amide bonds. The molecule has 0 bridgehead atoms. The Bertz CT molecular complexity index is 839. The van der Waals surface area contributed by atoms with E-state index < -0.39 is 0 Å². The van der Waals surface area contributed by atoms with Crippen molar-refractivity contribution in [3.05, 3.63) is 87.6 Å². The standard InChI is InChI=1S/C22H23NO2S/c1-16(2)18-8-10-20(11-9-18)25-15-17-5-3-6-19(13-17)22(24)23-14-21-7-4-12-26-21/h3-13,16H,14-15H2,1-2H3,(H,23,24). The number of benzene rings is 2. The monoisotopic (exact) mass is 365 g/mol. The fourth-order valence-electron chi connectivity index (χ4n) is 2.60. The fourth-order valence-corrected chi connectivity index (χ4v) is 3.25. The molecule has 0 atom stereocenters. The summed E-state index contributed by atoms with van der Waals surface area (Å²) in [5.74, 6) is 1.27. The number of carbonyl (C=O) groups is 1. The maximum atomic E-state index is 12.3. The maximum Gasteiger partial charge on any atom is 0.251 e. The Morgan fingerprint density at radius 3 is 2.58 bits per heavy atom. The van der Waals surface area contributed by atoms with Crippen LogP contribution in [0, 0.1) is 0 Å². The van der Waals surface area contributed by atoms with Gasteiger partial charge in [0, 0.05) is 10.4 Å². The molecule has 0 spiro atoms. The van der Waals surface area contributed by atoms with Crippen molar-refractivity contribution in [2.75, 3.05) is 0 Å². The zero-order chi connectivity index (χ0) is 18.4. The van der Waals surface area contributed by atoms with E-state index in [-0.39, 0.29) is 5.91 Å². The normalized spacial score (nSPS) is 10.7. The number of hydrogen-bond donors (Lipinski definition) is 1. The first-order valence-electron chi connectivity index (χ1n) is 8.74. The van der Waals surface area contributed by atoms with Gasteiger partial charge in [0.05, 0.1) is 6.54 Å². The van der Waals surface area contributed by atoms with E-state index in [2.05, 4.69) is 31.3 Å². The first kappa shape index (κ1) is 18.2. The average molecular weight is 365 g/mol. The minimum absolute atomic E-state index is 0.0680. The summed E-state index contributed by atoms with van der Waals surface area (Å²) in [7, 11) is 0. The number of ether oxygens (including phenoxy) is 1. The van der Waals surface area contributed by atoms with Gasteiger partial charge in [-0.05, 0) is 52.8 Å². The second-order valence-electron chi connectivity index (χ2n) is 6.47. The summed E-state index contributed by atoms with van der Waals surface area (Å²) in [5, 5.41) is 4.96. The van der Waals surface area contributed by atoms with Crippen LogP contribution in [0.1, 0.15) is 46.1 Å². The van der Waals surface area contributed by atoms with Gasteiger partial charge in [-0.1, -0.05) is 44.2 Å². The van der Waals surface area contributed by atoms with Crippen LogP contribution in [0.15, 0.2) is 66.0 Å². The summed E-state index contributed by atoms with van der Waals surface area (Å²) >= 11 is 1.64. The van der Waals surface area contributed by atoms with Gasteiger partial charge in [-0.25, -0.2) is 0 Å². The summed E-state index contributed by atoms with van der Waals surface area (Å²) in [6.07, 6.45) is 0. The predicted octanol–water partition coefficient (Wildman–Crippen LogP) is 5.38. The van der Waals surface area contributed by atoms with Crippen molar-refractivity contribution in [1.29, 1.82) is 0 Å². The van der Waals surface area contributed by atoms with Crippen molar-refractivity contribution in [3.8, 4) is 5.75 Å². The van der Waals surface area contributed by atoms with Crippen LogP contribution in [0.2, 0.25) is 0 Å². The molecule has 3 nitrogen and oxygen atoms in total. The third-order valence-electron chi connectivity index (χ3n) is 4.14. The predicted molar refractivity (Wildman–Crippen MR) is 107 cm³/mol. The number of nitrogens with one attached hydrogen (secondary N) is 1. The highest BCUT2D eigenvalue weighted by molar-refractivity contribution is 7.09. The minimum Gasteiger partial charge on any atom is -0.489 e. The number of rotatable bonds is 7. The number of carbonyl (C=O) groups excluding carboxylic acids is 1. The first-order chi connectivity index (χ1) is 12.6. The molecule has 0 unspecified atom stereocenters. The van der Waals surface area contributed by atoms with E-state index in [1.807, 2.05) is 53.9 Å². The summed E-state index contributed by atoms with van der Waals surface area (Å²) in [5.41, 5.74) is 2.92. The zero-order valence-corrected chi connectivity index (χ0v) is 15.9. The van der Waals surface area contributed by atoms with Crippen LogP contribution in [-0.2, 0) is 13.2 Å². The van der Waals surface area contributed by atoms with Crippen molar-refractivity contribution >= 4 is 17.2 Å². The molecule has 0 aliphatic heterocycles. The Morgan fingerprint density at radius 1 is 1.08 bits per heavy atom. The lowest BCUT2D eigenvalue weighted by atomic mass is 10.0. The summed E-state index contributed by atoms with van der Waals surface area (Å²) in [4.78, 5) is 13.5. The lowest BCUT2D eigenvalue weighted by Crippen LogP contribution is -2.22. The van der Waals surface area contributed by atoms with Gasteiger partial charge in [-0.2, -0.15) is 0 Å². The van der Waals surface area contributed by atoms with Crippen molar-refractivity contribution in [2.45, 2.75) is 32.9 Å². The SMILES string of the molecule is CC(C)c1ccc(OCc2cccc(C(=O)NCc3cccs3)c2)cc1. The minimum atomic E-state index is -0.0680. The quantitative estimate of drug-likeness (QED) is 0.610. The van der Waals surface area contributed by atoms with Crippen LogP contribution in [0.25, 0.3) is 0 Å². The van der Waals surface area contributed by atoms with Crippen LogP contribution in [0.5, 0.6) is 5.75 Å². The lowest BCUT2D eigenvalue weighted by molar-refractivity contribution is 0.0951. The van der Waals surface area contributed by atoms with Gasteiger partial charge >= 0.3 is 0 Å². The molecular formula is C22H23NO2S. The van der Waals surface area contributed by atoms with Gasteiger partial charge in [-0.15, -0.1) is 11.3 Å². The molecular weight excluding hydrogens is 342 g/mol. The lowest BCUT2D eigenvalue weighted by Gasteiger charge is -2.10. The van der Waals surface area contributed by atoms with E-state index in [9.17, 15) is 4.79 Å². The smallest absolute Gasteiger partial charge is 0.251 e. The highest BCUT2D eigenvalue weighted by Crippen LogP contribution is 2.19. The van der Waals surface area contributed by atoms with Gasteiger partial charge in [0.2, 0.25) is 0 Å². The zero-order valence-electron chi connectivity index (χ0n) is 15.1. The summed E-state index contributed by atoms with van der Waals surface area (Å²) in [6.45, 7) is 5.34. The Kier molecular flexibility index (Phi) is 6.08. The molecule has 0 saturated carbocycles. The molecule has 134 valence electrons. The van der Waals surface area contributed by atoms with Crippen LogP contribution in [-0.4, -0.2) is 5.91 Å². The van der Waals surface area contributed by atoms with Gasteiger partial charge in [-0.3, -0.25) is 4.79 Å². The Morgan fingerprint density at radius 2 is 1.88 bits per heavy atom. The van der Waals surface area contributed by atoms with Crippen molar-refractivity contribution in [3.63, 3.8) is 0 Å². The molecule has 1 aromatic heterocycles. The van der Waals surface area contributed by atoms with Crippen molar-refractivity contribution in [2.24, 2.45) is 0 Å². The largest absolute Gasteiger partial charge is 0.489 e. The van der Waals surface area contributed by atoms with Gasteiger partial charge in [0.1, 0.15) is 12.4 Å². The van der Waals surface area contributed by atoms with Crippen molar-refractivity contribution in [1.82, 2.24) is 5.32 Å². The van der Waals surface area contributed by atoms with E-state index in [0.29, 0.717) is 24.6 Å². The fraction of sp³-hybridized carbons (Fsp3) is 0.227. The molecule has 0 fully saturated rings. The molecule has 0 aliphatic rings. The molecule has 3 rings (SSSR count). The topological polar surface area (TPSA) is 38.3 Å². The van der Waals surface area contributed by atoms with Gasteiger partial charge in [0.15, 0.2) is 0 Å². The average Bonchev–Trinajstić information content (AvgIpc) is 3.18. The Labute approximate surface area is 158 Å². The summed E-state index contributed by atoms with van der Waals surface area (Å²) < 4.78 is 5.85. The van der Waals surface area contributed by atoms with E-state index in [1.165, 1.54) is 5.56 Å². The van der Waals surface area contributed by atoms with Crippen LogP contribution >= 0.6 is 11.3 Å². The molecule has 3 aromatic rings. The number of amides is 1. The van der Waals surface area contributed by atoms with Crippen LogP contribution in [0.4, 0.5) is 0 Å². The van der Waals surface area contributed by atoms with Crippen molar-refractivity contribution < 1.29 is 9.53 Å². The van der Waals surface area contributed by atoms with E-state index in [1.54, 1.807) is 11.3 Å².